The van der Waals surface area contributed by atoms with Crippen LogP contribution in [0, 0.1) is 5.41 Å². The standard InChI is InChI=1S/C20H28N4O5S/c1-13(25)23-18(12-30-3)20(28)24-17(9-6-15(26)10-21)19(27)22-11-14-4-7-16(29-2)8-5-14/h4-5,7-8,10,17-18,21H,6,9,11-12H2,1-3H3,(H,22,27)(H,23,25)(H,24,28)/t17-,18-/m0/s1. The lowest BCUT2D eigenvalue weighted by Crippen LogP contribution is -2.54. The molecule has 3 amide bonds. The molecule has 0 fully saturated rings. The van der Waals surface area contributed by atoms with Crippen molar-refractivity contribution in [3.8, 4) is 5.75 Å². The van der Waals surface area contributed by atoms with Gasteiger partial charge in [0.2, 0.25) is 17.7 Å². The summed E-state index contributed by atoms with van der Waals surface area (Å²) in [6, 6.07) is 5.37. The molecule has 0 aromatic heterocycles. The highest BCUT2D eigenvalue weighted by Gasteiger charge is 2.26. The first-order valence-corrected chi connectivity index (χ1v) is 10.7. The van der Waals surface area contributed by atoms with Gasteiger partial charge >= 0.3 is 0 Å². The summed E-state index contributed by atoms with van der Waals surface area (Å²) in [7, 11) is 1.56. The number of thioether (sulfide) groups is 1. The molecule has 30 heavy (non-hydrogen) atoms. The Hall–Kier alpha value is -2.88. The van der Waals surface area contributed by atoms with Crippen molar-refractivity contribution in [2.75, 3.05) is 19.1 Å². The monoisotopic (exact) mass is 436 g/mol. The first kappa shape index (κ1) is 25.2. The molecule has 0 heterocycles. The maximum Gasteiger partial charge on any atom is 0.244 e. The molecule has 2 atom stereocenters. The molecule has 0 aliphatic heterocycles. The van der Waals surface area contributed by atoms with Crippen LogP contribution in [0.4, 0.5) is 0 Å². The Morgan fingerprint density at radius 3 is 2.30 bits per heavy atom. The van der Waals surface area contributed by atoms with Gasteiger partial charge in [0.15, 0.2) is 5.78 Å². The molecule has 0 spiro atoms. The zero-order valence-electron chi connectivity index (χ0n) is 17.3. The highest BCUT2D eigenvalue weighted by molar-refractivity contribution is 7.98. The quantitative estimate of drug-likeness (QED) is 0.335. The second kappa shape index (κ2) is 13.4. The summed E-state index contributed by atoms with van der Waals surface area (Å²) < 4.78 is 5.09. The van der Waals surface area contributed by atoms with Crippen LogP contribution in [0.5, 0.6) is 5.75 Å². The molecule has 9 nitrogen and oxygen atoms in total. The van der Waals surface area contributed by atoms with Gasteiger partial charge in [0.05, 0.1) is 13.3 Å². The predicted molar refractivity (Wildman–Crippen MR) is 116 cm³/mol. The van der Waals surface area contributed by atoms with Gasteiger partial charge in [-0.3, -0.25) is 19.2 Å². The number of ketones is 1. The second-order valence-electron chi connectivity index (χ2n) is 6.48. The lowest BCUT2D eigenvalue weighted by Gasteiger charge is -2.22. The minimum absolute atomic E-state index is 0.0421. The molecule has 0 unspecified atom stereocenters. The number of rotatable bonds is 13. The maximum atomic E-state index is 12.7. The number of ether oxygens (including phenoxy) is 1. The van der Waals surface area contributed by atoms with Gasteiger partial charge in [-0.15, -0.1) is 0 Å². The highest BCUT2D eigenvalue weighted by Crippen LogP contribution is 2.11. The molecule has 10 heteroatoms. The van der Waals surface area contributed by atoms with E-state index < -0.39 is 29.7 Å². The molecule has 0 saturated heterocycles. The summed E-state index contributed by atoms with van der Waals surface area (Å²) in [5.41, 5.74) is 0.836. The molecule has 0 bridgehead atoms. The zero-order chi connectivity index (χ0) is 22.5. The zero-order valence-corrected chi connectivity index (χ0v) is 18.1. The van der Waals surface area contributed by atoms with Crippen molar-refractivity contribution in [3.63, 3.8) is 0 Å². The first-order chi connectivity index (χ1) is 14.3. The van der Waals surface area contributed by atoms with E-state index in [1.54, 1.807) is 37.6 Å². The molecule has 0 radical (unpaired) electrons. The molecule has 0 aliphatic carbocycles. The van der Waals surface area contributed by atoms with Crippen LogP contribution < -0.4 is 20.7 Å². The molecule has 4 N–H and O–H groups in total. The summed E-state index contributed by atoms with van der Waals surface area (Å²) in [4.78, 5) is 48.1. The summed E-state index contributed by atoms with van der Waals surface area (Å²) in [5, 5.41) is 14.9. The fourth-order valence-electron chi connectivity index (χ4n) is 2.55. The number of carbonyl (C=O) groups excluding carboxylic acids is 4. The number of methoxy groups -OCH3 is 1. The Bertz CT molecular complexity index is 754. The minimum atomic E-state index is -0.974. The maximum absolute atomic E-state index is 12.7. The van der Waals surface area contributed by atoms with Gasteiger partial charge in [0, 0.05) is 25.6 Å². The normalized spacial score (nSPS) is 12.2. The summed E-state index contributed by atoms with van der Waals surface area (Å²) in [6.45, 7) is 1.54. The number of hydrogen-bond acceptors (Lipinski definition) is 7. The van der Waals surface area contributed by atoms with E-state index in [4.69, 9.17) is 10.1 Å². The van der Waals surface area contributed by atoms with Gasteiger partial charge < -0.3 is 26.1 Å². The van der Waals surface area contributed by atoms with Crippen LogP contribution in [0.1, 0.15) is 25.3 Å². The van der Waals surface area contributed by atoms with Gasteiger partial charge in [-0.1, -0.05) is 12.1 Å². The van der Waals surface area contributed by atoms with Crippen molar-refractivity contribution in [3.05, 3.63) is 29.8 Å². The molecular formula is C20H28N4O5S. The van der Waals surface area contributed by atoms with Crippen LogP contribution >= 0.6 is 11.8 Å². The van der Waals surface area contributed by atoms with Gasteiger partial charge in [0.25, 0.3) is 0 Å². The van der Waals surface area contributed by atoms with E-state index in [9.17, 15) is 19.2 Å². The smallest absolute Gasteiger partial charge is 0.244 e. The van der Waals surface area contributed by atoms with Gasteiger partial charge in [0.1, 0.15) is 17.8 Å². The van der Waals surface area contributed by atoms with Crippen LogP contribution in [-0.4, -0.2) is 60.9 Å². The van der Waals surface area contributed by atoms with E-state index in [0.29, 0.717) is 17.7 Å². The van der Waals surface area contributed by atoms with E-state index in [1.807, 2.05) is 0 Å². The number of carbonyl (C=O) groups is 4. The topological polar surface area (TPSA) is 137 Å². The second-order valence-corrected chi connectivity index (χ2v) is 7.40. The average Bonchev–Trinajstić information content (AvgIpc) is 2.74. The fraction of sp³-hybridized carbons (Fsp3) is 0.450. The van der Waals surface area contributed by atoms with Crippen molar-refractivity contribution in [2.45, 2.75) is 38.4 Å². The predicted octanol–water partition coefficient (Wildman–Crippen LogP) is 0.663. The van der Waals surface area contributed by atoms with E-state index >= 15 is 0 Å². The summed E-state index contributed by atoms with van der Waals surface area (Å²) in [5.74, 6) is -0.735. The van der Waals surface area contributed by atoms with Crippen LogP contribution in [-0.2, 0) is 25.7 Å². The third-order valence-electron chi connectivity index (χ3n) is 4.13. The fourth-order valence-corrected chi connectivity index (χ4v) is 3.12. The number of benzene rings is 1. The number of amides is 3. The van der Waals surface area contributed by atoms with Crippen LogP contribution in [0.3, 0.4) is 0 Å². The Kier molecular flexibility index (Phi) is 11.2. The first-order valence-electron chi connectivity index (χ1n) is 9.31. The molecule has 1 aromatic rings. The summed E-state index contributed by atoms with van der Waals surface area (Å²) in [6.07, 6.45) is 2.46. The SMILES string of the molecule is COc1ccc(CNC(=O)[C@H](CCC(=O)C=N)NC(=O)[C@H](CSC)NC(C)=O)cc1. The van der Waals surface area contributed by atoms with Gasteiger partial charge in [-0.2, -0.15) is 11.8 Å². The number of hydrogen-bond donors (Lipinski definition) is 4. The Labute approximate surface area is 180 Å². The van der Waals surface area contributed by atoms with Crippen molar-refractivity contribution in [2.24, 2.45) is 0 Å². The van der Waals surface area contributed by atoms with Crippen molar-refractivity contribution in [1.29, 1.82) is 5.41 Å². The summed E-state index contributed by atoms with van der Waals surface area (Å²) >= 11 is 1.38. The Morgan fingerprint density at radius 2 is 1.77 bits per heavy atom. The van der Waals surface area contributed by atoms with Gasteiger partial charge in [-0.05, 0) is 30.4 Å². The van der Waals surface area contributed by atoms with Crippen LogP contribution in [0.15, 0.2) is 24.3 Å². The molecule has 0 aliphatic rings. The van der Waals surface area contributed by atoms with Crippen LogP contribution in [0.25, 0.3) is 0 Å². The number of Topliss-reactive ketones (excluding diaryl/α,β-unsaturated/α-hetero) is 1. The third-order valence-corrected chi connectivity index (χ3v) is 4.79. The lowest BCUT2D eigenvalue weighted by molar-refractivity contribution is -0.131. The van der Waals surface area contributed by atoms with E-state index in [2.05, 4.69) is 16.0 Å². The number of nitrogens with one attached hydrogen (secondary N) is 4. The van der Waals surface area contributed by atoms with Crippen LogP contribution in [0.2, 0.25) is 0 Å². The largest absolute Gasteiger partial charge is 0.497 e. The Morgan fingerprint density at radius 1 is 1.10 bits per heavy atom. The Balaban J connectivity index is 2.81. The van der Waals surface area contributed by atoms with E-state index in [-0.39, 0.29) is 25.3 Å². The highest BCUT2D eigenvalue weighted by atomic mass is 32.2. The lowest BCUT2D eigenvalue weighted by atomic mass is 10.1. The molecule has 1 rings (SSSR count). The molecular weight excluding hydrogens is 408 g/mol. The average molecular weight is 437 g/mol. The van der Waals surface area contributed by atoms with Crippen molar-refractivity contribution in [1.82, 2.24) is 16.0 Å². The van der Waals surface area contributed by atoms with E-state index in [1.165, 1.54) is 18.7 Å². The third kappa shape index (κ3) is 9.08. The van der Waals surface area contributed by atoms with Crippen molar-refractivity contribution < 1.29 is 23.9 Å². The van der Waals surface area contributed by atoms with Gasteiger partial charge in [-0.25, -0.2) is 0 Å². The minimum Gasteiger partial charge on any atom is -0.497 e. The van der Waals surface area contributed by atoms with E-state index in [0.717, 1.165) is 5.56 Å². The molecule has 1 aromatic carbocycles. The van der Waals surface area contributed by atoms with Crippen molar-refractivity contribution >= 4 is 41.5 Å². The molecule has 0 saturated carbocycles. The molecule has 164 valence electrons.